The van der Waals surface area contributed by atoms with Gasteiger partial charge in [-0.25, -0.2) is 0 Å². The molecule has 19 heavy (non-hydrogen) atoms. The number of nitrogen functional groups attached to an aromatic ring is 1. The van der Waals surface area contributed by atoms with E-state index in [4.69, 9.17) is 17.3 Å². The lowest BCUT2D eigenvalue weighted by atomic mass is 10.1. The van der Waals surface area contributed by atoms with E-state index in [2.05, 4.69) is 10.3 Å². The standard InChI is InChI=1S/C14H16ClN3S/c1-17-14(12-8-18-7-6-13(12)16)9-19-11-4-2-10(15)3-5-11/h2-8,14,17H,9H2,1H3,(H2,16,18). The number of hydrogen-bond donors (Lipinski definition) is 2. The third-order valence-electron chi connectivity index (χ3n) is 2.84. The summed E-state index contributed by atoms with van der Waals surface area (Å²) in [7, 11) is 1.93. The van der Waals surface area contributed by atoms with E-state index in [1.807, 2.05) is 43.6 Å². The van der Waals surface area contributed by atoms with Crippen molar-refractivity contribution < 1.29 is 0 Å². The quantitative estimate of drug-likeness (QED) is 0.830. The number of nitrogens with one attached hydrogen (secondary N) is 1. The Hall–Kier alpha value is -1.23. The second-order valence-corrected chi connectivity index (χ2v) is 5.64. The monoisotopic (exact) mass is 293 g/mol. The molecule has 0 bridgehead atoms. The molecule has 1 unspecified atom stereocenters. The van der Waals surface area contributed by atoms with Crippen LogP contribution in [0.15, 0.2) is 47.6 Å². The highest BCUT2D eigenvalue weighted by atomic mass is 35.5. The number of rotatable bonds is 5. The van der Waals surface area contributed by atoms with Crippen LogP contribution in [-0.2, 0) is 0 Å². The van der Waals surface area contributed by atoms with E-state index < -0.39 is 0 Å². The smallest absolute Gasteiger partial charge is 0.0448 e. The predicted octanol–water partition coefficient (Wildman–Crippen LogP) is 3.37. The number of aromatic nitrogens is 1. The molecule has 2 aromatic rings. The lowest BCUT2D eigenvalue weighted by Crippen LogP contribution is -2.20. The van der Waals surface area contributed by atoms with Crippen LogP contribution in [0.3, 0.4) is 0 Å². The van der Waals surface area contributed by atoms with Crippen molar-refractivity contribution in [3.05, 3.63) is 53.3 Å². The first-order chi connectivity index (χ1) is 9.20. The molecule has 1 aromatic carbocycles. The van der Waals surface area contributed by atoms with Crippen LogP contribution in [0.1, 0.15) is 11.6 Å². The van der Waals surface area contributed by atoms with Gasteiger partial charge in [0.1, 0.15) is 0 Å². The fourth-order valence-corrected chi connectivity index (χ4v) is 2.91. The van der Waals surface area contributed by atoms with E-state index in [0.29, 0.717) is 0 Å². The summed E-state index contributed by atoms with van der Waals surface area (Å²) in [6.07, 6.45) is 3.52. The minimum absolute atomic E-state index is 0.175. The van der Waals surface area contributed by atoms with E-state index in [1.165, 1.54) is 4.90 Å². The van der Waals surface area contributed by atoms with Crippen LogP contribution in [0.5, 0.6) is 0 Å². The Labute approximate surface area is 122 Å². The Morgan fingerprint density at radius 1 is 1.32 bits per heavy atom. The van der Waals surface area contributed by atoms with Gasteiger partial charge in [0.05, 0.1) is 0 Å². The van der Waals surface area contributed by atoms with Gasteiger partial charge in [-0.2, -0.15) is 0 Å². The minimum atomic E-state index is 0.175. The van der Waals surface area contributed by atoms with E-state index in [9.17, 15) is 0 Å². The van der Waals surface area contributed by atoms with Gasteiger partial charge in [-0.1, -0.05) is 11.6 Å². The Bertz CT molecular complexity index is 530. The van der Waals surface area contributed by atoms with E-state index in [-0.39, 0.29) is 6.04 Å². The van der Waals surface area contributed by atoms with E-state index in [0.717, 1.165) is 22.0 Å². The molecule has 1 atom stereocenters. The number of hydrogen-bond acceptors (Lipinski definition) is 4. The summed E-state index contributed by atoms with van der Waals surface area (Å²) in [6, 6.07) is 9.84. The van der Waals surface area contributed by atoms with Crippen molar-refractivity contribution in [3.63, 3.8) is 0 Å². The molecule has 0 saturated carbocycles. The van der Waals surface area contributed by atoms with Crippen LogP contribution in [0.25, 0.3) is 0 Å². The SMILES string of the molecule is CNC(CSc1ccc(Cl)cc1)c1cnccc1N. The van der Waals surface area contributed by atoms with Gasteiger partial charge in [0.15, 0.2) is 0 Å². The fourth-order valence-electron chi connectivity index (χ4n) is 1.75. The number of pyridine rings is 1. The molecule has 0 saturated heterocycles. The summed E-state index contributed by atoms with van der Waals surface area (Å²) in [5.41, 5.74) is 7.78. The highest BCUT2D eigenvalue weighted by Gasteiger charge is 2.12. The fraction of sp³-hybridized carbons (Fsp3) is 0.214. The Morgan fingerprint density at radius 3 is 2.68 bits per heavy atom. The van der Waals surface area contributed by atoms with Gasteiger partial charge in [-0.15, -0.1) is 11.8 Å². The number of halogens is 1. The van der Waals surface area contributed by atoms with Crippen molar-refractivity contribution in [1.29, 1.82) is 0 Å². The first-order valence-electron chi connectivity index (χ1n) is 5.95. The molecule has 0 radical (unpaired) electrons. The molecule has 3 nitrogen and oxygen atoms in total. The van der Waals surface area contributed by atoms with Crippen molar-refractivity contribution in [1.82, 2.24) is 10.3 Å². The van der Waals surface area contributed by atoms with E-state index in [1.54, 1.807) is 18.0 Å². The largest absolute Gasteiger partial charge is 0.398 e. The number of anilines is 1. The molecular formula is C14H16ClN3S. The molecule has 3 N–H and O–H groups in total. The summed E-state index contributed by atoms with van der Waals surface area (Å²) in [4.78, 5) is 5.32. The maximum atomic E-state index is 5.98. The minimum Gasteiger partial charge on any atom is -0.398 e. The van der Waals surface area contributed by atoms with Crippen LogP contribution in [0, 0.1) is 0 Å². The Balaban J connectivity index is 2.04. The van der Waals surface area contributed by atoms with Crippen LogP contribution in [0.4, 0.5) is 5.69 Å². The van der Waals surface area contributed by atoms with Crippen molar-refractivity contribution >= 4 is 29.1 Å². The molecule has 1 aromatic heterocycles. The van der Waals surface area contributed by atoms with Gasteiger partial charge in [0, 0.05) is 45.4 Å². The lowest BCUT2D eigenvalue weighted by Gasteiger charge is -2.17. The molecule has 0 fully saturated rings. The molecule has 1 heterocycles. The van der Waals surface area contributed by atoms with Crippen LogP contribution in [-0.4, -0.2) is 17.8 Å². The summed E-state index contributed by atoms with van der Waals surface area (Å²) in [5.74, 6) is 0.883. The second kappa shape index (κ2) is 6.80. The van der Waals surface area contributed by atoms with Gasteiger partial charge in [-0.05, 0) is 37.4 Å². The van der Waals surface area contributed by atoms with Gasteiger partial charge in [0.2, 0.25) is 0 Å². The zero-order valence-corrected chi connectivity index (χ0v) is 12.2. The van der Waals surface area contributed by atoms with E-state index >= 15 is 0 Å². The molecule has 5 heteroatoms. The first-order valence-corrected chi connectivity index (χ1v) is 7.32. The normalized spacial score (nSPS) is 12.3. The number of thioether (sulfide) groups is 1. The number of nitrogens with two attached hydrogens (primary N) is 1. The maximum absolute atomic E-state index is 5.98. The first kappa shape index (κ1) is 14.2. The predicted molar refractivity (Wildman–Crippen MR) is 82.6 cm³/mol. The van der Waals surface area contributed by atoms with Crippen molar-refractivity contribution in [3.8, 4) is 0 Å². The van der Waals surface area contributed by atoms with Gasteiger partial charge in [-0.3, -0.25) is 4.98 Å². The van der Waals surface area contributed by atoms with Crippen LogP contribution < -0.4 is 11.1 Å². The van der Waals surface area contributed by atoms with Gasteiger partial charge < -0.3 is 11.1 Å². The van der Waals surface area contributed by atoms with Crippen LogP contribution in [0.2, 0.25) is 5.02 Å². The molecule has 0 aliphatic rings. The average molecular weight is 294 g/mol. The maximum Gasteiger partial charge on any atom is 0.0448 e. The summed E-state index contributed by atoms with van der Waals surface area (Å²) < 4.78 is 0. The van der Waals surface area contributed by atoms with Crippen LogP contribution >= 0.6 is 23.4 Å². The zero-order valence-electron chi connectivity index (χ0n) is 10.6. The summed E-state index contributed by atoms with van der Waals surface area (Å²) in [6.45, 7) is 0. The topological polar surface area (TPSA) is 50.9 Å². The molecule has 0 spiro atoms. The second-order valence-electron chi connectivity index (χ2n) is 4.11. The van der Waals surface area contributed by atoms with Crippen molar-refractivity contribution in [2.45, 2.75) is 10.9 Å². The molecular weight excluding hydrogens is 278 g/mol. The third-order valence-corrected chi connectivity index (χ3v) is 4.20. The average Bonchev–Trinajstić information content (AvgIpc) is 2.43. The highest BCUT2D eigenvalue weighted by Crippen LogP contribution is 2.27. The Morgan fingerprint density at radius 2 is 2.05 bits per heavy atom. The third kappa shape index (κ3) is 3.86. The Kier molecular flexibility index (Phi) is 5.07. The molecule has 2 rings (SSSR count). The zero-order chi connectivity index (χ0) is 13.7. The molecule has 0 amide bonds. The number of benzene rings is 1. The summed E-state index contributed by atoms with van der Waals surface area (Å²) >= 11 is 7.63. The molecule has 100 valence electrons. The number of nitrogens with zero attached hydrogens (tertiary/aromatic N) is 1. The lowest BCUT2D eigenvalue weighted by molar-refractivity contribution is 0.661. The molecule has 0 aliphatic carbocycles. The van der Waals surface area contributed by atoms with Crippen molar-refractivity contribution in [2.75, 3.05) is 18.5 Å². The van der Waals surface area contributed by atoms with Gasteiger partial charge in [0.25, 0.3) is 0 Å². The van der Waals surface area contributed by atoms with Crippen molar-refractivity contribution in [2.24, 2.45) is 0 Å². The summed E-state index contributed by atoms with van der Waals surface area (Å²) in [5, 5.41) is 4.03. The molecule has 0 aliphatic heterocycles. The highest BCUT2D eigenvalue weighted by molar-refractivity contribution is 7.99. The van der Waals surface area contributed by atoms with Gasteiger partial charge >= 0.3 is 0 Å².